The lowest BCUT2D eigenvalue weighted by atomic mass is 10.2. The van der Waals surface area contributed by atoms with E-state index in [1.165, 1.54) is 11.3 Å². The standard InChI is InChI=1S/C17H28N2O2/c1-6-14(2)13-15-9-7-11-19(15)12-8-10-18-16(20)21-17(3,4)5/h7,9,11,13H,6,8,10,12H2,1-5H3,(H,18,20)/b14-13+. The highest BCUT2D eigenvalue weighted by atomic mass is 16.6. The molecule has 0 atom stereocenters. The van der Waals surface area contributed by atoms with Crippen molar-refractivity contribution in [3.63, 3.8) is 0 Å². The van der Waals surface area contributed by atoms with E-state index in [2.05, 4.69) is 48.1 Å². The minimum Gasteiger partial charge on any atom is -0.444 e. The molecule has 0 aliphatic heterocycles. The number of carbonyl (C=O) groups excluding carboxylic acids is 1. The van der Waals surface area contributed by atoms with Crippen molar-refractivity contribution in [1.82, 2.24) is 9.88 Å². The summed E-state index contributed by atoms with van der Waals surface area (Å²) in [4.78, 5) is 11.5. The Labute approximate surface area is 128 Å². The highest BCUT2D eigenvalue weighted by molar-refractivity contribution is 5.67. The molecule has 1 N–H and O–H groups in total. The molecule has 4 heteroatoms. The monoisotopic (exact) mass is 292 g/mol. The number of amides is 1. The Morgan fingerprint density at radius 1 is 1.43 bits per heavy atom. The molecular weight excluding hydrogens is 264 g/mol. The maximum atomic E-state index is 11.5. The molecule has 118 valence electrons. The SMILES string of the molecule is CC/C(C)=C/c1cccn1CCCNC(=O)OC(C)(C)C. The van der Waals surface area contributed by atoms with Crippen molar-refractivity contribution < 1.29 is 9.53 Å². The zero-order chi connectivity index (χ0) is 15.9. The maximum absolute atomic E-state index is 11.5. The Hall–Kier alpha value is -1.71. The summed E-state index contributed by atoms with van der Waals surface area (Å²) in [6.45, 7) is 11.4. The Morgan fingerprint density at radius 2 is 2.14 bits per heavy atom. The third-order valence-corrected chi connectivity index (χ3v) is 3.06. The molecular formula is C17H28N2O2. The van der Waals surface area contributed by atoms with E-state index < -0.39 is 5.60 Å². The molecule has 0 fully saturated rings. The van der Waals surface area contributed by atoms with Crippen LogP contribution in [-0.2, 0) is 11.3 Å². The summed E-state index contributed by atoms with van der Waals surface area (Å²) in [6.07, 6.45) is 5.87. The first-order valence-electron chi connectivity index (χ1n) is 7.61. The molecule has 1 aromatic heterocycles. The van der Waals surface area contributed by atoms with E-state index >= 15 is 0 Å². The van der Waals surface area contributed by atoms with E-state index in [9.17, 15) is 4.79 Å². The van der Waals surface area contributed by atoms with Gasteiger partial charge in [0.05, 0.1) is 0 Å². The second kappa shape index (κ2) is 7.91. The van der Waals surface area contributed by atoms with Gasteiger partial charge in [0.25, 0.3) is 0 Å². The van der Waals surface area contributed by atoms with Crippen LogP contribution in [-0.4, -0.2) is 22.8 Å². The lowest BCUT2D eigenvalue weighted by Crippen LogP contribution is -2.33. The van der Waals surface area contributed by atoms with Gasteiger partial charge >= 0.3 is 6.09 Å². The second-order valence-corrected chi connectivity index (χ2v) is 6.25. The first-order valence-corrected chi connectivity index (χ1v) is 7.61. The minimum absolute atomic E-state index is 0.350. The molecule has 0 radical (unpaired) electrons. The van der Waals surface area contributed by atoms with Crippen LogP contribution in [0.15, 0.2) is 23.9 Å². The summed E-state index contributed by atoms with van der Waals surface area (Å²) in [5, 5.41) is 2.78. The lowest BCUT2D eigenvalue weighted by Gasteiger charge is -2.19. The molecule has 1 rings (SSSR count). The number of ether oxygens (including phenoxy) is 1. The molecule has 0 unspecified atom stereocenters. The normalized spacial score (nSPS) is 12.3. The molecule has 0 aliphatic rings. The Kier molecular flexibility index (Phi) is 6.53. The van der Waals surface area contributed by atoms with Crippen LogP contribution >= 0.6 is 0 Å². The highest BCUT2D eigenvalue weighted by Crippen LogP contribution is 2.11. The van der Waals surface area contributed by atoms with E-state index in [4.69, 9.17) is 4.74 Å². The lowest BCUT2D eigenvalue weighted by molar-refractivity contribution is 0.0526. The van der Waals surface area contributed by atoms with Crippen LogP contribution in [0.25, 0.3) is 6.08 Å². The first kappa shape index (κ1) is 17.3. The summed E-state index contributed by atoms with van der Waals surface area (Å²) in [6, 6.07) is 4.16. The first-order chi connectivity index (χ1) is 9.81. The fourth-order valence-electron chi connectivity index (χ4n) is 1.87. The number of aryl methyl sites for hydroxylation is 1. The summed E-state index contributed by atoms with van der Waals surface area (Å²) in [7, 11) is 0. The number of hydrogen-bond donors (Lipinski definition) is 1. The van der Waals surface area contributed by atoms with Crippen LogP contribution in [0.5, 0.6) is 0 Å². The van der Waals surface area contributed by atoms with Gasteiger partial charge in [-0.05, 0) is 58.7 Å². The number of carbonyl (C=O) groups is 1. The van der Waals surface area contributed by atoms with E-state index in [-0.39, 0.29) is 6.09 Å². The van der Waals surface area contributed by atoms with Crippen molar-refractivity contribution in [1.29, 1.82) is 0 Å². The van der Waals surface area contributed by atoms with Crippen molar-refractivity contribution in [2.24, 2.45) is 0 Å². The Bertz CT molecular complexity index is 481. The van der Waals surface area contributed by atoms with Crippen LogP contribution in [0.1, 0.15) is 53.2 Å². The third-order valence-electron chi connectivity index (χ3n) is 3.06. The van der Waals surface area contributed by atoms with E-state index in [0.717, 1.165) is 19.4 Å². The average Bonchev–Trinajstić information content (AvgIpc) is 2.79. The van der Waals surface area contributed by atoms with E-state index in [1.807, 2.05) is 20.8 Å². The number of nitrogens with zero attached hydrogens (tertiary/aromatic N) is 1. The smallest absolute Gasteiger partial charge is 0.407 e. The van der Waals surface area contributed by atoms with Gasteiger partial charge in [0, 0.05) is 25.0 Å². The van der Waals surface area contributed by atoms with E-state index in [1.54, 1.807) is 0 Å². The van der Waals surface area contributed by atoms with Crippen LogP contribution in [0.4, 0.5) is 4.79 Å². The molecule has 1 aromatic rings. The summed E-state index contributed by atoms with van der Waals surface area (Å²) in [5.74, 6) is 0. The van der Waals surface area contributed by atoms with Crippen LogP contribution in [0.3, 0.4) is 0 Å². The van der Waals surface area contributed by atoms with Crippen molar-refractivity contribution in [3.8, 4) is 0 Å². The number of aromatic nitrogens is 1. The number of rotatable bonds is 6. The Morgan fingerprint density at radius 3 is 2.76 bits per heavy atom. The predicted molar refractivity (Wildman–Crippen MR) is 87.2 cm³/mol. The maximum Gasteiger partial charge on any atom is 0.407 e. The van der Waals surface area contributed by atoms with E-state index in [0.29, 0.717) is 6.54 Å². The summed E-state index contributed by atoms with van der Waals surface area (Å²) < 4.78 is 7.40. The second-order valence-electron chi connectivity index (χ2n) is 6.25. The summed E-state index contributed by atoms with van der Waals surface area (Å²) >= 11 is 0. The van der Waals surface area contributed by atoms with Gasteiger partial charge in [-0.2, -0.15) is 0 Å². The van der Waals surface area contributed by atoms with Gasteiger partial charge < -0.3 is 14.6 Å². The minimum atomic E-state index is -0.444. The molecule has 21 heavy (non-hydrogen) atoms. The van der Waals surface area contributed by atoms with Crippen LogP contribution in [0, 0.1) is 0 Å². The number of alkyl carbamates (subject to hydrolysis) is 1. The zero-order valence-electron chi connectivity index (χ0n) is 13.9. The topological polar surface area (TPSA) is 43.3 Å². The number of hydrogen-bond acceptors (Lipinski definition) is 2. The fraction of sp³-hybridized carbons (Fsp3) is 0.588. The number of allylic oxidation sites excluding steroid dienone is 1. The molecule has 0 aliphatic carbocycles. The third kappa shape index (κ3) is 7.02. The van der Waals surface area contributed by atoms with Crippen molar-refractivity contribution >= 4 is 12.2 Å². The molecule has 1 heterocycles. The zero-order valence-corrected chi connectivity index (χ0v) is 13.9. The largest absolute Gasteiger partial charge is 0.444 e. The van der Waals surface area contributed by atoms with Crippen LogP contribution < -0.4 is 5.32 Å². The average molecular weight is 292 g/mol. The van der Waals surface area contributed by atoms with Gasteiger partial charge in [-0.25, -0.2) is 4.79 Å². The van der Waals surface area contributed by atoms with Gasteiger partial charge in [-0.15, -0.1) is 0 Å². The summed E-state index contributed by atoms with van der Waals surface area (Å²) in [5.41, 5.74) is 2.13. The quantitative estimate of drug-likeness (QED) is 0.798. The van der Waals surface area contributed by atoms with Gasteiger partial charge in [-0.1, -0.05) is 12.5 Å². The van der Waals surface area contributed by atoms with Crippen molar-refractivity contribution in [2.45, 2.75) is 59.6 Å². The Balaban J connectivity index is 2.37. The molecule has 0 bridgehead atoms. The molecule has 0 saturated carbocycles. The molecule has 0 spiro atoms. The fourth-order valence-corrected chi connectivity index (χ4v) is 1.87. The molecule has 0 saturated heterocycles. The van der Waals surface area contributed by atoms with Crippen LogP contribution in [0.2, 0.25) is 0 Å². The molecule has 4 nitrogen and oxygen atoms in total. The molecule has 0 aromatic carbocycles. The highest BCUT2D eigenvalue weighted by Gasteiger charge is 2.15. The molecule has 1 amide bonds. The number of nitrogens with one attached hydrogen (secondary N) is 1. The van der Waals surface area contributed by atoms with Crippen molar-refractivity contribution in [3.05, 3.63) is 29.6 Å². The van der Waals surface area contributed by atoms with Gasteiger partial charge in [-0.3, -0.25) is 0 Å². The van der Waals surface area contributed by atoms with Gasteiger partial charge in [0.15, 0.2) is 0 Å². The van der Waals surface area contributed by atoms with Crippen molar-refractivity contribution in [2.75, 3.05) is 6.54 Å². The predicted octanol–water partition coefficient (Wildman–Crippen LogP) is 4.22. The van der Waals surface area contributed by atoms with Gasteiger partial charge in [0.2, 0.25) is 0 Å². The van der Waals surface area contributed by atoms with Gasteiger partial charge in [0.1, 0.15) is 5.60 Å².